The maximum Gasteiger partial charge on any atom is 0.351 e. The van der Waals surface area contributed by atoms with Crippen LogP contribution in [0.1, 0.15) is 6.23 Å². The molecule has 1 aliphatic heterocycles. The van der Waals surface area contributed by atoms with Gasteiger partial charge in [0.2, 0.25) is 0 Å². The number of hydrogen-bond acceptors (Lipinski definition) is 6. The second kappa shape index (κ2) is 4.20. The summed E-state index contributed by atoms with van der Waals surface area (Å²) in [6.07, 6.45) is 0.500. The highest BCUT2D eigenvalue weighted by Crippen LogP contribution is 2.26. The highest BCUT2D eigenvalue weighted by atomic mass is 16.5. The van der Waals surface area contributed by atoms with Crippen molar-refractivity contribution in [2.24, 2.45) is 0 Å². The molecule has 1 fully saturated rings. The molecule has 2 rings (SSSR count). The molecule has 1 aromatic heterocycles. The van der Waals surface area contributed by atoms with Gasteiger partial charge >= 0.3 is 5.69 Å². The fourth-order valence-electron chi connectivity index (χ4n) is 1.53. The summed E-state index contributed by atoms with van der Waals surface area (Å²) in [5.41, 5.74) is 4.78. The van der Waals surface area contributed by atoms with E-state index in [4.69, 9.17) is 15.6 Å². The van der Waals surface area contributed by atoms with Crippen molar-refractivity contribution in [3.63, 3.8) is 0 Å². The first-order valence-electron chi connectivity index (χ1n) is 4.76. The molecule has 1 aliphatic rings. The van der Waals surface area contributed by atoms with E-state index in [2.05, 4.69) is 4.98 Å². The third-order valence-electron chi connectivity index (χ3n) is 2.36. The van der Waals surface area contributed by atoms with E-state index in [0.717, 1.165) is 0 Å². The zero-order valence-electron chi connectivity index (χ0n) is 8.35. The van der Waals surface area contributed by atoms with E-state index in [-0.39, 0.29) is 12.4 Å². The minimum absolute atomic E-state index is 0.124. The predicted octanol–water partition coefficient (Wildman–Crippen LogP) is -1.72. The Labute approximate surface area is 91.1 Å². The van der Waals surface area contributed by atoms with Crippen LogP contribution in [-0.4, -0.2) is 38.6 Å². The average Bonchev–Trinajstić information content (AvgIpc) is 2.59. The second-order valence-electron chi connectivity index (χ2n) is 3.47. The molecule has 0 aliphatic carbocycles. The van der Waals surface area contributed by atoms with Gasteiger partial charge in [-0.1, -0.05) is 0 Å². The molecular weight excluding hydrogens is 214 g/mol. The monoisotopic (exact) mass is 226 g/mol. The molecule has 0 aromatic carbocycles. The summed E-state index contributed by atoms with van der Waals surface area (Å²) < 4.78 is 6.45. The smallest absolute Gasteiger partial charge is 0.351 e. The highest BCUT2D eigenvalue weighted by Gasteiger charge is 2.35. The Bertz CT molecular complexity index is 433. The van der Waals surface area contributed by atoms with E-state index < -0.39 is 24.1 Å². The molecular formula is C9H12N3O4. The van der Waals surface area contributed by atoms with Crippen LogP contribution in [0.4, 0.5) is 5.82 Å². The van der Waals surface area contributed by atoms with Crippen molar-refractivity contribution in [2.45, 2.75) is 18.4 Å². The number of nitrogens with two attached hydrogens (primary N) is 1. The number of anilines is 1. The number of ether oxygens (including phenoxy) is 1. The summed E-state index contributed by atoms with van der Waals surface area (Å²) >= 11 is 0. The Hall–Kier alpha value is -1.44. The van der Waals surface area contributed by atoms with Gasteiger partial charge in [0.05, 0.1) is 12.7 Å². The van der Waals surface area contributed by atoms with Crippen LogP contribution in [-0.2, 0) is 4.74 Å². The largest absolute Gasteiger partial charge is 0.394 e. The normalized spacial score (nSPS) is 29.5. The van der Waals surface area contributed by atoms with Crippen LogP contribution in [0.15, 0.2) is 17.1 Å². The Morgan fingerprint density at radius 2 is 2.38 bits per heavy atom. The van der Waals surface area contributed by atoms with Crippen LogP contribution in [0.2, 0.25) is 0 Å². The lowest BCUT2D eigenvalue weighted by Gasteiger charge is -2.13. The lowest BCUT2D eigenvalue weighted by molar-refractivity contribution is -0.0448. The summed E-state index contributed by atoms with van der Waals surface area (Å²) in [7, 11) is 0. The molecule has 87 valence electrons. The molecule has 1 aromatic rings. The van der Waals surface area contributed by atoms with E-state index in [1.807, 2.05) is 0 Å². The molecule has 4 N–H and O–H groups in total. The molecule has 0 spiro atoms. The van der Waals surface area contributed by atoms with Crippen LogP contribution in [0.5, 0.6) is 0 Å². The fraction of sp³-hybridized carbons (Fsp3) is 0.444. The van der Waals surface area contributed by atoms with E-state index in [9.17, 15) is 9.90 Å². The van der Waals surface area contributed by atoms with Gasteiger partial charge in [-0.25, -0.2) is 4.79 Å². The Morgan fingerprint density at radius 3 is 2.94 bits per heavy atom. The third-order valence-corrected chi connectivity index (χ3v) is 2.36. The van der Waals surface area contributed by atoms with Crippen LogP contribution < -0.4 is 11.4 Å². The second-order valence-corrected chi connectivity index (χ2v) is 3.47. The summed E-state index contributed by atoms with van der Waals surface area (Å²) in [5.74, 6) is 0.124. The number of nitrogen functional groups attached to an aromatic ring is 1. The maximum absolute atomic E-state index is 11.5. The van der Waals surface area contributed by atoms with Crippen molar-refractivity contribution in [2.75, 3.05) is 12.3 Å². The van der Waals surface area contributed by atoms with E-state index in [1.54, 1.807) is 0 Å². The predicted molar refractivity (Wildman–Crippen MR) is 54.2 cm³/mol. The van der Waals surface area contributed by atoms with Crippen LogP contribution in [0.25, 0.3) is 0 Å². The van der Waals surface area contributed by atoms with E-state index in [0.29, 0.717) is 0 Å². The highest BCUT2D eigenvalue weighted by molar-refractivity contribution is 5.23. The van der Waals surface area contributed by atoms with Crippen molar-refractivity contribution in [3.8, 4) is 0 Å². The molecule has 7 heteroatoms. The van der Waals surface area contributed by atoms with Gasteiger partial charge in [0.25, 0.3) is 0 Å². The quantitative estimate of drug-likeness (QED) is 0.553. The first-order valence-corrected chi connectivity index (χ1v) is 4.76. The molecule has 16 heavy (non-hydrogen) atoms. The zero-order valence-corrected chi connectivity index (χ0v) is 8.35. The van der Waals surface area contributed by atoms with Gasteiger partial charge in [-0.05, 0) is 6.07 Å². The molecule has 7 nitrogen and oxygen atoms in total. The lowest BCUT2D eigenvalue weighted by atomic mass is 10.2. The van der Waals surface area contributed by atoms with Crippen LogP contribution in [0, 0.1) is 6.42 Å². The molecule has 1 radical (unpaired) electrons. The van der Waals surface area contributed by atoms with Crippen LogP contribution >= 0.6 is 0 Å². The molecule has 0 bridgehead atoms. The maximum atomic E-state index is 11.5. The number of aliphatic hydroxyl groups is 2. The molecule has 0 saturated carbocycles. The number of aliphatic hydroxyl groups excluding tert-OH is 2. The fourth-order valence-corrected chi connectivity index (χ4v) is 1.53. The van der Waals surface area contributed by atoms with Gasteiger partial charge in [-0.15, -0.1) is 0 Å². The molecule has 1 saturated heterocycles. The van der Waals surface area contributed by atoms with E-state index >= 15 is 0 Å². The molecule has 0 unspecified atom stereocenters. The van der Waals surface area contributed by atoms with Gasteiger partial charge < -0.3 is 20.7 Å². The minimum atomic E-state index is -0.903. The van der Waals surface area contributed by atoms with Crippen molar-refractivity contribution in [1.29, 1.82) is 0 Å². The molecule has 2 heterocycles. The molecule has 0 amide bonds. The summed E-state index contributed by atoms with van der Waals surface area (Å²) in [5, 5.41) is 18.4. The third kappa shape index (κ3) is 1.92. The average molecular weight is 226 g/mol. The zero-order chi connectivity index (χ0) is 11.7. The SMILES string of the molecule is Nc1ccn([C@H]2[CH][C@@H](O)[C@@H](CO)O2)c(=O)n1. The number of nitrogens with zero attached hydrogens (tertiary/aromatic N) is 2. The summed E-state index contributed by atoms with van der Waals surface area (Å²) in [6.45, 7) is -0.314. The van der Waals surface area contributed by atoms with Gasteiger partial charge in [0, 0.05) is 12.6 Å². The Balaban J connectivity index is 2.23. The van der Waals surface area contributed by atoms with Crippen molar-refractivity contribution >= 4 is 5.82 Å². The minimum Gasteiger partial charge on any atom is -0.394 e. The Morgan fingerprint density at radius 1 is 1.62 bits per heavy atom. The van der Waals surface area contributed by atoms with Gasteiger partial charge in [0.15, 0.2) is 0 Å². The van der Waals surface area contributed by atoms with Crippen molar-refractivity contribution in [1.82, 2.24) is 9.55 Å². The van der Waals surface area contributed by atoms with Crippen molar-refractivity contribution in [3.05, 3.63) is 29.2 Å². The standard InChI is InChI=1S/C9H12N3O4/c10-7-1-2-12(9(15)11-7)8-3-5(14)6(4-13)16-8/h1-3,5-6,8,13-14H,4H2,(H2,10,11,15)/t5-,6-,8-/m1/s1. The lowest BCUT2D eigenvalue weighted by Crippen LogP contribution is -2.28. The summed E-state index contributed by atoms with van der Waals surface area (Å²) in [6, 6.07) is 1.46. The van der Waals surface area contributed by atoms with Gasteiger partial charge in [-0.2, -0.15) is 4.98 Å². The topological polar surface area (TPSA) is 111 Å². The summed E-state index contributed by atoms with van der Waals surface area (Å²) in [4.78, 5) is 15.0. The molecule has 3 atom stereocenters. The van der Waals surface area contributed by atoms with E-state index in [1.165, 1.54) is 23.3 Å². The first-order chi connectivity index (χ1) is 7.61. The van der Waals surface area contributed by atoms with Crippen LogP contribution in [0.3, 0.4) is 0 Å². The number of aromatic nitrogens is 2. The Kier molecular flexibility index (Phi) is 2.90. The number of rotatable bonds is 2. The van der Waals surface area contributed by atoms with Crippen molar-refractivity contribution < 1.29 is 14.9 Å². The van der Waals surface area contributed by atoms with Gasteiger partial charge in [0.1, 0.15) is 18.1 Å². The van der Waals surface area contributed by atoms with Gasteiger partial charge in [-0.3, -0.25) is 4.57 Å². The first kappa shape index (κ1) is 11.1. The number of hydrogen-bond donors (Lipinski definition) is 3.